The van der Waals surface area contributed by atoms with E-state index >= 15 is 0 Å². The molecule has 5 aromatic rings. The summed E-state index contributed by atoms with van der Waals surface area (Å²) >= 11 is 0. The predicted octanol–water partition coefficient (Wildman–Crippen LogP) is 3.98. The Morgan fingerprint density at radius 3 is 2.74 bits per heavy atom. The lowest BCUT2D eigenvalue weighted by atomic mass is 10.0. The first-order chi connectivity index (χ1) is 18.7. The van der Waals surface area contributed by atoms with Crippen LogP contribution in [0, 0.1) is 12.7 Å². The maximum absolute atomic E-state index is 14.6. The van der Waals surface area contributed by atoms with Crippen molar-refractivity contribution >= 4 is 29.3 Å². The highest BCUT2D eigenvalue weighted by Gasteiger charge is 2.15. The van der Waals surface area contributed by atoms with Gasteiger partial charge in [0.2, 0.25) is 0 Å². The van der Waals surface area contributed by atoms with Crippen molar-refractivity contribution in [1.29, 1.82) is 0 Å². The molecule has 2 N–H and O–H groups in total. The van der Waals surface area contributed by atoms with E-state index in [1.54, 1.807) is 18.5 Å². The van der Waals surface area contributed by atoms with Gasteiger partial charge in [-0.2, -0.15) is 5.10 Å². The average molecular weight is 525 g/mol. The van der Waals surface area contributed by atoms with Crippen molar-refractivity contribution in [3.8, 4) is 22.6 Å². The number of H-pyrrole nitrogens is 2. The van der Waals surface area contributed by atoms with Crippen LogP contribution in [-0.4, -0.2) is 60.2 Å². The third-order valence-electron chi connectivity index (χ3n) is 6.98. The Balaban J connectivity index is 1.48. The summed E-state index contributed by atoms with van der Waals surface area (Å²) in [5, 5.41) is 9.07. The van der Waals surface area contributed by atoms with Gasteiger partial charge in [-0.3, -0.25) is 10.1 Å². The topological polar surface area (TPSA) is 91.3 Å². The maximum atomic E-state index is 14.6. The summed E-state index contributed by atoms with van der Waals surface area (Å²) in [7, 11) is 6.07. The zero-order valence-corrected chi connectivity index (χ0v) is 23.0. The SMILES string of the molecule is C=c1c(-c2nc3c(-c4cc(F)cc(CCCN(C)C)c4)cncc3[nH]2)n[nH]/c1=C/C=C(\C)c1cnc(C)n1C. The van der Waals surface area contributed by atoms with Crippen LogP contribution in [0.25, 0.3) is 51.9 Å². The van der Waals surface area contributed by atoms with Gasteiger partial charge >= 0.3 is 0 Å². The van der Waals surface area contributed by atoms with Gasteiger partial charge in [0.1, 0.15) is 17.3 Å². The van der Waals surface area contributed by atoms with Gasteiger partial charge in [-0.15, -0.1) is 0 Å². The van der Waals surface area contributed by atoms with Crippen molar-refractivity contribution in [2.24, 2.45) is 7.05 Å². The zero-order chi connectivity index (χ0) is 27.7. The molecule has 0 aliphatic heterocycles. The highest BCUT2D eigenvalue weighted by molar-refractivity contribution is 5.92. The molecule has 0 aliphatic carbocycles. The van der Waals surface area contributed by atoms with Crippen molar-refractivity contribution in [2.45, 2.75) is 26.7 Å². The van der Waals surface area contributed by atoms with Crippen LogP contribution in [-0.2, 0) is 13.5 Å². The minimum absolute atomic E-state index is 0.266. The van der Waals surface area contributed by atoms with Gasteiger partial charge in [0.15, 0.2) is 5.82 Å². The van der Waals surface area contributed by atoms with E-state index in [-0.39, 0.29) is 5.82 Å². The number of hydrogen-bond acceptors (Lipinski definition) is 5. The molecule has 39 heavy (non-hydrogen) atoms. The van der Waals surface area contributed by atoms with Gasteiger partial charge in [-0.1, -0.05) is 18.7 Å². The van der Waals surface area contributed by atoms with Crippen LogP contribution >= 0.6 is 0 Å². The molecular weight excluding hydrogens is 491 g/mol. The summed E-state index contributed by atoms with van der Waals surface area (Å²) in [6.45, 7) is 9.21. The third-order valence-corrected chi connectivity index (χ3v) is 6.98. The van der Waals surface area contributed by atoms with Gasteiger partial charge < -0.3 is 14.5 Å². The number of halogens is 1. The van der Waals surface area contributed by atoms with Crippen molar-refractivity contribution in [3.05, 3.63) is 76.3 Å². The fourth-order valence-corrected chi connectivity index (χ4v) is 4.68. The Morgan fingerprint density at radius 2 is 2.00 bits per heavy atom. The van der Waals surface area contributed by atoms with Crippen molar-refractivity contribution in [2.75, 3.05) is 20.6 Å². The van der Waals surface area contributed by atoms with E-state index in [0.29, 0.717) is 17.0 Å². The Morgan fingerprint density at radius 1 is 1.18 bits per heavy atom. The molecule has 4 heterocycles. The first-order valence-corrected chi connectivity index (χ1v) is 12.9. The second kappa shape index (κ2) is 10.8. The van der Waals surface area contributed by atoms with Crippen molar-refractivity contribution in [3.63, 3.8) is 0 Å². The largest absolute Gasteiger partial charge is 0.335 e. The van der Waals surface area contributed by atoms with E-state index in [0.717, 1.165) is 69.3 Å². The van der Waals surface area contributed by atoms with Crippen LogP contribution in [0.1, 0.15) is 30.4 Å². The average Bonchev–Trinajstić information content (AvgIpc) is 3.58. The predicted molar refractivity (Wildman–Crippen MR) is 155 cm³/mol. The van der Waals surface area contributed by atoms with Crippen LogP contribution in [0.5, 0.6) is 0 Å². The van der Waals surface area contributed by atoms with E-state index < -0.39 is 0 Å². The number of allylic oxidation sites excluding steroid dienone is 2. The summed E-state index contributed by atoms with van der Waals surface area (Å²) in [5.74, 6) is 1.26. The Kier molecular flexibility index (Phi) is 7.26. The lowest BCUT2D eigenvalue weighted by molar-refractivity contribution is 0.400. The molecule has 4 aromatic heterocycles. The molecule has 8 nitrogen and oxygen atoms in total. The van der Waals surface area contributed by atoms with Crippen LogP contribution in [0.3, 0.4) is 0 Å². The molecule has 5 rings (SSSR count). The van der Waals surface area contributed by atoms with Crippen LogP contribution in [0.2, 0.25) is 0 Å². The highest BCUT2D eigenvalue weighted by atomic mass is 19.1. The van der Waals surface area contributed by atoms with Crippen LogP contribution in [0.4, 0.5) is 4.39 Å². The van der Waals surface area contributed by atoms with E-state index in [2.05, 4.69) is 41.2 Å². The quantitative estimate of drug-likeness (QED) is 0.320. The summed E-state index contributed by atoms with van der Waals surface area (Å²) in [6.07, 6.45) is 11.0. The van der Waals surface area contributed by atoms with Crippen LogP contribution < -0.4 is 10.6 Å². The van der Waals surface area contributed by atoms with Gasteiger partial charge in [-0.05, 0) is 82.2 Å². The number of imidazole rings is 2. The molecule has 0 fully saturated rings. The smallest absolute Gasteiger partial charge is 0.159 e. The minimum atomic E-state index is -0.266. The van der Waals surface area contributed by atoms with Crippen molar-refractivity contribution < 1.29 is 4.39 Å². The molecule has 9 heteroatoms. The molecule has 0 amide bonds. The molecule has 0 saturated carbocycles. The lowest BCUT2D eigenvalue weighted by Crippen LogP contribution is -2.21. The third kappa shape index (κ3) is 5.44. The number of fused-ring (bicyclic) bond motifs is 1. The molecular formula is C30H33FN8. The number of aromatic amines is 2. The van der Waals surface area contributed by atoms with Gasteiger partial charge in [0, 0.05) is 24.0 Å². The molecule has 0 bridgehead atoms. The maximum Gasteiger partial charge on any atom is 0.159 e. The minimum Gasteiger partial charge on any atom is -0.335 e. The molecule has 0 unspecified atom stereocenters. The van der Waals surface area contributed by atoms with E-state index in [1.165, 1.54) is 6.07 Å². The molecule has 0 saturated heterocycles. The number of nitrogens with zero attached hydrogens (tertiary/aromatic N) is 6. The number of pyridine rings is 1. The number of aryl methyl sites for hydroxylation is 2. The fraction of sp³-hybridized carbons (Fsp3) is 0.267. The summed E-state index contributed by atoms with van der Waals surface area (Å²) in [4.78, 5) is 19.1. The molecule has 200 valence electrons. The highest BCUT2D eigenvalue weighted by Crippen LogP contribution is 2.29. The standard InChI is InChI=1S/C30H33FN8/c1-18(27-17-33-20(3)39(27)6)9-10-25-19(2)28(37-36-25)30-34-26-16-32-15-24(29(26)35-30)22-12-21(13-23(31)14-22)8-7-11-38(4)5/h9-10,12-17,36H,2,7-8,11H2,1,3-6H3,(H,34,35)/b18-9+,25-10+. The lowest BCUT2D eigenvalue weighted by Gasteiger charge is -2.10. The number of hydrogen-bond donors (Lipinski definition) is 2. The van der Waals surface area contributed by atoms with Crippen molar-refractivity contribution in [1.82, 2.24) is 39.6 Å². The Labute approximate surface area is 226 Å². The van der Waals surface area contributed by atoms with Gasteiger partial charge in [0.25, 0.3) is 0 Å². The van der Waals surface area contributed by atoms with E-state index in [1.807, 2.05) is 59.4 Å². The van der Waals surface area contributed by atoms with E-state index in [9.17, 15) is 4.39 Å². The normalized spacial score (nSPS) is 12.8. The number of rotatable bonds is 8. The molecule has 0 atom stereocenters. The fourth-order valence-electron chi connectivity index (χ4n) is 4.68. The Bertz CT molecular complexity index is 1790. The van der Waals surface area contributed by atoms with Gasteiger partial charge in [0.05, 0.1) is 34.5 Å². The number of aromatic nitrogens is 7. The first kappa shape index (κ1) is 26.2. The second-order valence-corrected chi connectivity index (χ2v) is 10.2. The molecule has 0 aliphatic rings. The summed E-state index contributed by atoms with van der Waals surface area (Å²) in [6, 6.07) is 5.16. The monoisotopic (exact) mass is 524 g/mol. The Hall–Kier alpha value is -4.37. The van der Waals surface area contributed by atoms with E-state index in [4.69, 9.17) is 4.98 Å². The zero-order valence-electron chi connectivity index (χ0n) is 23.0. The second-order valence-electron chi connectivity index (χ2n) is 10.2. The first-order valence-electron chi connectivity index (χ1n) is 12.9. The van der Waals surface area contributed by atoms with Crippen LogP contribution in [0.15, 0.2) is 42.9 Å². The summed E-state index contributed by atoms with van der Waals surface area (Å²) in [5.41, 5.74) is 6.67. The summed E-state index contributed by atoms with van der Waals surface area (Å²) < 4.78 is 16.6. The molecule has 1 aromatic carbocycles. The molecule has 0 radical (unpaired) electrons. The number of benzene rings is 1. The molecule has 0 spiro atoms. The number of nitrogens with one attached hydrogen (secondary N) is 2. The van der Waals surface area contributed by atoms with Gasteiger partial charge in [-0.25, -0.2) is 14.4 Å².